The topological polar surface area (TPSA) is 102 Å². The number of hydrogen-bond acceptors (Lipinski definition) is 6. The molecule has 7 nitrogen and oxygen atoms in total. The Labute approximate surface area is 146 Å². The van der Waals surface area contributed by atoms with Gasteiger partial charge in [-0.2, -0.15) is 5.10 Å². The van der Waals surface area contributed by atoms with Crippen molar-refractivity contribution in [2.24, 2.45) is 5.10 Å². The first-order chi connectivity index (χ1) is 11.7. The minimum absolute atomic E-state index is 0.0870. The molecule has 0 heterocycles. The number of hydrogen-bond donors (Lipinski definition) is 1. The molecule has 8 heteroatoms. The number of carbonyl (C=O) groups is 1. The largest absolute Gasteiger partial charge is 0.545 e. The van der Waals surface area contributed by atoms with Gasteiger partial charge in [-0.3, -0.25) is 5.43 Å². The maximum absolute atomic E-state index is 12.0. The number of sulfonamides is 1. The van der Waals surface area contributed by atoms with E-state index in [-0.39, 0.29) is 10.5 Å². The van der Waals surface area contributed by atoms with E-state index in [1.54, 1.807) is 31.2 Å². The summed E-state index contributed by atoms with van der Waals surface area (Å²) in [4.78, 5) is 10.9. The number of aromatic carboxylic acids is 1. The molecular formula is C17H18N3O4S-. The third kappa shape index (κ3) is 4.43. The summed E-state index contributed by atoms with van der Waals surface area (Å²) in [6, 6.07) is 12.4. The zero-order chi connectivity index (χ0) is 18.6. The van der Waals surface area contributed by atoms with Crippen molar-refractivity contribution in [2.75, 3.05) is 19.5 Å². The van der Waals surface area contributed by atoms with Crippen LogP contribution < -0.4 is 10.5 Å². The van der Waals surface area contributed by atoms with Crippen LogP contribution in [0.5, 0.6) is 0 Å². The van der Waals surface area contributed by atoms with Gasteiger partial charge in [-0.1, -0.05) is 24.3 Å². The highest BCUT2D eigenvalue weighted by Crippen LogP contribution is 2.15. The van der Waals surface area contributed by atoms with Gasteiger partial charge in [0.15, 0.2) is 0 Å². The molecule has 0 aliphatic carbocycles. The molecule has 0 spiro atoms. The van der Waals surface area contributed by atoms with Gasteiger partial charge in [0.1, 0.15) is 0 Å². The molecule has 132 valence electrons. The average Bonchev–Trinajstić information content (AvgIpc) is 2.60. The van der Waals surface area contributed by atoms with Crippen LogP contribution in [0.3, 0.4) is 0 Å². The van der Waals surface area contributed by atoms with Crippen molar-refractivity contribution in [3.05, 3.63) is 59.7 Å². The molecule has 0 atom stereocenters. The van der Waals surface area contributed by atoms with E-state index >= 15 is 0 Å². The fourth-order valence-electron chi connectivity index (χ4n) is 1.97. The van der Waals surface area contributed by atoms with Gasteiger partial charge in [-0.05, 0) is 42.3 Å². The SMILES string of the molecule is C/C(=N/Nc1ccc(C(=O)[O-])cc1)c1ccc(S(=O)(=O)N(C)C)cc1. The van der Waals surface area contributed by atoms with Gasteiger partial charge in [0.25, 0.3) is 0 Å². The summed E-state index contributed by atoms with van der Waals surface area (Å²) in [6.45, 7) is 1.78. The zero-order valence-electron chi connectivity index (χ0n) is 14.1. The van der Waals surface area contributed by atoms with E-state index < -0.39 is 16.0 Å². The van der Waals surface area contributed by atoms with Crippen LogP contribution in [0, 0.1) is 0 Å². The molecule has 0 saturated heterocycles. The first-order valence-corrected chi connectivity index (χ1v) is 8.80. The summed E-state index contributed by atoms with van der Waals surface area (Å²) in [5.41, 5.74) is 4.94. The van der Waals surface area contributed by atoms with Gasteiger partial charge < -0.3 is 9.90 Å². The van der Waals surface area contributed by atoms with E-state index in [4.69, 9.17) is 0 Å². The van der Waals surface area contributed by atoms with Crippen molar-refractivity contribution in [1.29, 1.82) is 0 Å². The molecule has 0 aliphatic rings. The minimum Gasteiger partial charge on any atom is -0.545 e. The molecule has 2 aromatic rings. The van der Waals surface area contributed by atoms with Gasteiger partial charge in [0.05, 0.1) is 22.3 Å². The van der Waals surface area contributed by atoms with E-state index in [2.05, 4.69) is 10.5 Å². The molecule has 25 heavy (non-hydrogen) atoms. The molecule has 2 aromatic carbocycles. The Kier molecular flexibility index (Phi) is 5.55. The highest BCUT2D eigenvalue weighted by molar-refractivity contribution is 7.89. The molecule has 0 fully saturated rings. The number of carboxylic acid groups (broad SMARTS) is 1. The number of benzene rings is 2. The Morgan fingerprint density at radius 2 is 1.52 bits per heavy atom. The number of nitrogens with zero attached hydrogens (tertiary/aromatic N) is 2. The lowest BCUT2D eigenvalue weighted by Crippen LogP contribution is -2.22. The van der Waals surface area contributed by atoms with Crippen LogP contribution in [0.15, 0.2) is 58.5 Å². The molecule has 1 N–H and O–H groups in total. The molecular weight excluding hydrogens is 342 g/mol. The zero-order valence-corrected chi connectivity index (χ0v) is 14.9. The van der Waals surface area contributed by atoms with Crippen LogP contribution in [0.25, 0.3) is 0 Å². The predicted molar refractivity (Wildman–Crippen MR) is 93.9 cm³/mol. The quantitative estimate of drug-likeness (QED) is 0.615. The van der Waals surface area contributed by atoms with Gasteiger partial charge in [0.2, 0.25) is 10.0 Å². The van der Waals surface area contributed by atoms with Crippen LogP contribution in [0.1, 0.15) is 22.8 Å². The summed E-state index contributed by atoms with van der Waals surface area (Å²) >= 11 is 0. The molecule has 0 saturated carbocycles. The standard InChI is InChI=1S/C17H19N3O4S/c1-12(18-19-15-8-4-14(5-9-15)17(21)22)13-6-10-16(11-7-13)25(23,24)20(2)3/h4-11,19H,1-3H3,(H,21,22)/p-1/b18-12-. The number of nitrogens with one attached hydrogen (secondary N) is 1. The fourth-order valence-corrected chi connectivity index (χ4v) is 2.87. The Morgan fingerprint density at radius 1 is 1.00 bits per heavy atom. The lowest BCUT2D eigenvalue weighted by molar-refractivity contribution is -0.255. The molecule has 0 radical (unpaired) electrons. The molecule has 0 amide bonds. The Balaban J connectivity index is 2.13. The second kappa shape index (κ2) is 7.45. The number of hydrazone groups is 1. The molecule has 0 bridgehead atoms. The number of carbonyl (C=O) groups excluding carboxylic acids is 1. The summed E-state index contributed by atoms with van der Waals surface area (Å²) in [6.07, 6.45) is 0. The molecule has 0 unspecified atom stereocenters. The van der Waals surface area contributed by atoms with Gasteiger partial charge >= 0.3 is 0 Å². The van der Waals surface area contributed by atoms with Crippen molar-refractivity contribution in [1.82, 2.24) is 4.31 Å². The smallest absolute Gasteiger partial charge is 0.242 e. The van der Waals surface area contributed by atoms with Crippen molar-refractivity contribution in [2.45, 2.75) is 11.8 Å². The van der Waals surface area contributed by atoms with Crippen molar-refractivity contribution in [3.63, 3.8) is 0 Å². The third-order valence-corrected chi connectivity index (χ3v) is 5.35. The van der Waals surface area contributed by atoms with Gasteiger partial charge in [-0.15, -0.1) is 0 Å². The summed E-state index contributed by atoms with van der Waals surface area (Å²) in [5, 5.41) is 14.9. The second-order valence-corrected chi connectivity index (χ2v) is 7.64. The predicted octanol–water partition coefficient (Wildman–Crippen LogP) is 1.14. The first kappa shape index (κ1) is 18.6. The third-order valence-electron chi connectivity index (χ3n) is 3.52. The van der Waals surface area contributed by atoms with Crippen LogP contribution in [-0.4, -0.2) is 38.5 Å². The minimum atomic E-state index is -3.46. The average molecular weight is 360 g/mol. The van der Waals surface area contributed by atoms with E-state index in [9.17, 15) is 18.3 Å². The van der Waals surface area contributed by atoms with E-state index in [1.165, 1.54) is 38.4 Å². The Morgan fingerprint density at radius 3 is 2.00 bits per heavy atom. The summed E-state index contributed by atoms with van der Waals surface area (Å²) in [5.74, 6) is -1.24. The fraction of sp³-hybridized carbons (Fsp3) is 0.176. The monoisotopic (exact) mass is 360 g/mol. The lowest BCUT2D eigenvalue weighted by atomic mass is 10.1. The summed E-state index contributed by atoms with van der Waals surface area (Å²) < 4.78 is 25.2. The Bertz CT molecular complexity index is 886. The van der Waals surface area contributed by atoms with E-state index in [1.807, 2.05) is 0 Å². The normalized spacial score (nSPS) is 12.2. The first-order valence-electron chi connectivity index (χ1n) is 7.36. The maximum Gasteiger partial charge on any atom is 0.242 e. The van der Waals surface area contributed by atoms with Crippen LogP contribution in [0.4, 0.5) is 5.69 Å². The van der Waals surface area contributed by atoms with Crippen LogP contribution in [-0.2, 0) is 10.0 Å². The van der Waals surface area contributed by atoms with E-state index in [0.29, 0.717) is 11.4 Å². The lowest BCUT2D eigenvalue weighted by Gasteiger charge is -2.11. The molecule has 0 aliphatic heterocycles. The molecule has 2 rings (SSSR count). The highest BCUT2D eigenvalue weighted by Gasteiger charge is 2.16. The highest BCUT2D eigenvalue weighted by atomic mass is 32.2. The summed E-state index contributed by atoms with van der Waals surface area (Å²) in [7, 11) is -0.505. The number of rotatable bonds is 6. The van der Waals surface area contributed by atoms with Crippen molar-refractivity contribution in [3.8, 4) is 0 Å². The number of anilines is 1. The van der Waals surface area contributed by atoms with Gasteiger partial charge in [0, 0.05) is 14.1 Å². The van der Waals surface area contributed by atoms with Crippen LogP contribution >= 0.6 is 0 Å². The Hall–Kier alpha value is -2.71. The van der Waals surface area contributed by atoms with Crippen molar-refractivity contribution >= 4 is 27.4 Å². The van der Waals surface area contributed by atoms with Crippen molar-refractivity contribution < 1.29 is 18.3 Å². The second-order valence-electron chi connectivity index (χ2n) is 5.49. The number of carboxylic acids is 1. The van der Waals surface area contributed by atoms with Crippen LogP contribution in [0.2, 0.25) is 0 Å². The maximum atomic E-state index is 12.0. The van der Waals surface area contributed by atoms with E-state index in [0.717, 1.165) is 9.87 Å². The van der Waals surface area contributed by atoms with Gasteiger partial charge in [-0.25, -0.2) is 12.7 Å². The molecule has 0 aromatic heterocycles.